The summed E-state index contributed by atoms with van der Waals surface area (Å²) in [6.07, 6.45) is 10.2. The van der Waals surface area contributed by atoms with Gasteiger partial charge >= 0.3 is 5.97 Å². The predicted molar refractivity (Wildman–Crippen MR) is 99.8 cm³/mol. The van der Waals surface area contributed by atoms with E-state index in [1.165, 1.54) is 12.8 Å². The van der Waals surface area contributed by atoms with Crippen molar-refractivity contribution in [1.82, 2.24) is 0 Å². The largest absolute Gasteiger partial charge is 0.481 e. The lowest BCUT2D eigenvalue weighted by Gasteiger charge is -2.17. The van der Waals surface area contributed by atoms with Crippen LogP contribution in [-0.4, -0.2) is 56.9 Å². The fourth-order valence-electron chi connectivity index (χ4n) is 2.97. The Kier molecular flexibility index (Phi) is 11.4. The summed E-state index contributed by atoms with van der Waals surface area (Å²) < 4.78 is 5.65. The Labute approximate surface area is 156 Å². The zero-order valence-electron chi connectivity index (χ0n) is 15.7. The number of carboxylic acid groups (broad SMARTS) is 1. The van der Waals surface area contributed by atoms with Gasteiger partial charge in [-0.25, -0.2) is 0 Å². The van der Waals surface area contributed by atoms with Gasteiger partial charge in [0.1, 0.15) is 6.10 Å². The molecule has 26 heavy (non-hydrogen) atoms. The molecule has 0 unspecified atom stereocenters. The number of aliphatic hydroxyl groups excluding tert-OH is 3. The molecular weight excluding hydrogens is 336 g/mol. The standard InChI is InChI=1S/C20H34O6/c1-2-3-4-5-6-7-9-15(21)12-13-18-17(23)14-19(26-18)16(22)10-8-11-20(24)25/h6-7,12-13,15-19,21-23H,2-5,8-11,14H2,1H3,(H,24,25)/b7-6-,13-12+/t15-,16-,17+,18+,19+/m0/s1. The first-order valence-corrected chi connectivity index (χ1v) is 9.68. The van der Waals surface area contributed by atoms with Crippen LogP contribution in [0.25, 0.3) is 0 Å². The van der Waals surface area contributed by atoms with Gasteiger partial charge in [-0.15, -0.1) is 0 Å². The van der Waals surface area contributed by atoms with Gasteiger partial charge in [0, 0.05) is 12.8 Å². The highest BCUT2D eigenvalue weighted by Gasteiger charge is 2.36. The summed E-state index contributed by atoms with van der Waals surface area (Å²) >= 11 is 0. The summed E-state index contributed by atoms with van der Waals surface area (Å²) in [4.78, 5) is 10.5. The van der Waals surface area contributed by atoms with Crippen molar-refractivity contribution in [2.75, 3.05) is 0 Å². The Bertz CT molecular complexity index is 448. The smallest absolute Gasteiger partial charge is 0.303 e. The molecule has 0 bridgehead atoms. The highest BCUT2D eigenvalue weighted by atomic mass is 16.5. The van der Waals surface area contributed by atoms with Crippen LogP contribution in [0.3, 0.4) is 0 Å². The van der Waals surface area contributed by atoms with Crippen LogP contribution in [0.1, 0.15) is 64.7 Å². The average Bonchev–Trinajstić information content (AvgIpc) is 2.96. The molecule has 6 heteroatoms. The van der Waals surface area contributed by atoms with Crippen LogP contribution in [0, 0.1) is 0 Å². The van der Waals surface area contributed by atoms with Crippen molar-refractivity contribution < 1.29 is 30.0 Å². The van der Waals surface area contributed by atoms with E-state index >= 15 is 0 Å². The number of hydrogen-bond acceptors (Lipinski definition) is 5. The molecule has 1 saturated heterocycles. The number of aliphatic hydroxyl groups is 3. The molecule has 1 rings (SSSR count). The molecule has 150 valence electrons. The minimum absolute atomic E-state index is 0.00776. The zero-order valence-corrected chi connectivity index (χ0v) is 15.7. The van der Waals surface area contributed by atoms with Crippen molar-refractivity contribution in [1.29, 1.82) is 0 Å². The average molecular weight is 370 g/mol. The van der Waals surface area contributed by atoms with Crippen molar-refractivity contribution in [2.24, 2.45) is 0 Å². The molecule has 0 aromatic carbocycles. The molecule has 0 spiro atoms. The van der Waals surface area contributed by atoms with Crippen molar-refractivity contribution >= 4 is 5.97 Å². The minimum Gasteiger partial charge on any atom is -0.481 e. The van der Waals surface area contributed by atoms with Crippen LogP contribution in [0.15, 0.2) is 24.3 Å². The fourth-order valence-corrected chi connectivity index (χ4v) is 2.97. The summed E-state index contributed by atoms with van der Waals surface area (Å²) in [6.45, 7) is 2.16. The summed E-state index contributed by atoms with van der Waals surface area (Å²) in [7, 11) is 0. The Morgan fingerprint density at radius 3 is 2.69 bits per heavy atom. The van der Waals surface area contributed by atoms with Gasteiger partial charge in [0.05, 0.1) is 24.4 Å². The van der Waals surface area contributed by atoms with Gasteiger partial charge in [0.15, 0.2) is 0 Å². The number of carbonyl (C=O) groups is 1. The number of hydrogen-bond donors (Lipinski definition) is 4. The maximum absolute atomic E-state index is 10.5. The minimum atomic E-state index is -0.890. The van der Waals surface area contributed by atoms with Gasteiger partial charge in [-0.2, -0.15) is 0 Å². The van der Waals surface area contributed by atoms with E-state index in [0.717, 1.165) is 12.8 Å². The van der Waals surface area contributed by atoms with Crippen molar-refractivity contribution in [3.63, 3.8) is 0 Å². The Morgan fingerprint density at radius 1 is 1.23 bits per heavy atom. The van der Waals surface area contributed by atoms with Crippen molar-refractivity contribution in [3.05, 3.63) is 24.3 Å². The van der Waals surface area contributed by atoms with Crippen LogP contribution in [0.2, 0.25) is 0 Å². The molecular formula is C20H34O6. The number of carboxylic acids is 1. The van der Waals surface area contributed by atoms with E-state index in [1.807, 2.05) is 6.08 Å². The summed E-state index contributed by atoms with van der Waals surface area (Å²) in [5.74, 6) is -0.890. The first-order valence-electron chi connectivity index (χ1n) is 9.68. The van der Waals surface area contributed by atoms with Crippen LogP contribution >= 0.6 is 0 Å². The summed E-state index contributed by atoms with van der Waals surface area (Å²) in [5.41, 5.74) is 0. The second-order valence-corrected chi connectivity index (χ2v) is 6.95. The summed E-state index contributed by atoms with van der Waals surface area (Å²) in [6, 6.07) is 0. The number of unbranched alkanes of at least 4 members (excludes halogenated alkanes) is 3. The van der Waals surface area contributed by atoms with Crippen molar-refractivity contribution in [2.45, 2.75) is 95.2 Å². The third-order valence-electron chi connectivity index (χ3n) is 4.55. The molecule has 1 fully saturated rings. The van der Waals surface area contributed by atoms with E-state index in [0.29, 0.717) is 25.7 Å². The lowest BCUT2D eigenvalue weighted by molar-refractivity contribution is -0.137. The first kappa shape index (κ1) is 22.8. The maximum atomic E-state index is 10.5. The van der Waals surface area contributed by atoms with Crippen LogP contribution < -0.4 is 0 Å². The van der Waals surface area contributed by atoms with Gasteiger partial charge in [-0.05, 0) is 32.1 Å². The van der Waals surface area contributed by atoms with E-state index in [1.54, 1.807) is 12.2 Å². The first-order chi connectivity index (χ1) is 12.4. The summed E-state index contributed by atoms with van der Waals surface area (Å²) in [5, 5.41) is 38.7. The van der Waals surface area contributed by atoms with Gasteiger partial charge in [0.25, 0.3) is 0 Å². The second-order valence-electron chi connectivity index (χ2n) is 6.95. The monoisotopic (exact) mass is 370 g/mol. The number of allylic oxidation sites excluding steroid dienone is 1. The van der Waals surface area contributed by atoms with E-state index in [-0.39, 0.29) is 6.42 Å². The van der Waals surface area contributed by atoms with Crippen LogP contribution in [-0.2, 0) is 9.53 Å². The molecule has 0 aromatic rings. The van der Waals surface area contributed by atoms with Gasteiger partial charge in [-0.3, -0.25) is 4.79 Å². The molecule has 1 aliphatic rings. The third kappa shape index (κ3) is 9.48. The Morgan fingerprint density at radius 2 is 2.00 bits per heavy atom. The van der Waals surface area contributed by atoms with E-state index < -0.39 is 36.5 Å². The molecule has 0 saturated carbocycles. The normalized spacial score (nSPS) is 25.9. The molecule has 6 nitrogen and oxygen atoms in total. The number of rotatable bonds is 13. The quantitative estimate of drug-likeness (QED) is 0.293. The molecule has 0 radical (unpaired) electrons. The van der Waals surface area contributed by atoms with Gasteiger partial charge in [0.2, 0.25) is 0 Å². The van der Waals surface area contributed by atoms with Crippen molar-refractivity contribution in [3.8, 4) is 0 Å². The SMILES string of the molecule is CCCCC/C=C\C[C@H](O)/C=C/[C@H]1O[C@@H]([C@@H](O)CCCC(=O)O)C[C@H]1O. The highest BCUT2D eigenvalue weighted by molar-refractivity contribution is 5.66. The molecule has 1 aliphatic heterocycles. The topological polar surface area (TPSA) is 107 Å². The number of aliphatic carboxylic acids is 1. The van der Waals surface area contributed by atoms with Crippen LogP contribution in [0.5, 0.6) is 0 Å². The molecule has 0 aromatic heterocycles. The lowest BCUT2D eigenvalue weighted by Crippen LogP contribution is -2.26. The fraction of sp³-hybridized carbons (Fsp3) is 0.750. The van der Waals surface area contributed by atoms with Gasteiger partial charge in [-0.1, -0.05) is 44.1 Å². The number of ether oxygens (including phenoxy) is 1. The zero-order chi connectivity index (χ0) is 19.4. The Balaban J connectivity index is 2.31. The third-order valence-corrected chi connectivity index (χ3v) is 4.55. The molecule has 1 heterocycles. The maximum Gasteiger partial charge on any atom is 0.303 e. The molecule has 5 atom stereocenters. The molecule has 0 aliphatic carbocycles. The van der Waals surface area contributed by atoms with E-state index in [9.17, 15) is 20.1 Å². The van der Waals surface area contributed by atoms with Gasteiger partial charge < -0.3 is 25.2 Å². The van der Waals surface area contributed by atoms with Crippen LogP contribution in [0.4, 0.5) is 0 Å². The predicted octanol–water partition coefficient (Wildman–Crippen LogP) is 2.56. The van der Waals surface area contributed by atoms with E-state index in [2.05, 4.69) is 13.0 Å². The second kappa shape index (κ2) is 13.0. The Hall–Kier alpha value is -1.21. The molecule has 0 amide bonds. The lowest BCUT2D eigenvalue weighted by atomic mass is 10.0. The van der Waals surface area contributed by atoms with E-state index in [4.69, 9.17) is 9.84 Å². The highest BCUT2D eigenvalue weighted by Crippen LogP contribution is 2.26. The molecule has 4 N–H and O–H groups in total.